The highest BCUT2D eigenvalue weighted by molar-refractivity contribution is 6.31. The highest BCUT2D eigenvalue weighted by atomic mass is 35.5. The lowest BCUT2D eigenvalue weighted by Crippen LogP contribution is -2.30. The zero-order chi connectivity index (χ0) is 14.7. The fraction of sp³-hybridized carbons (Fsp3) is 0.400. The first kappa shape index (κ1) is 15.0. The monoisotopic (exact) mass is 292 g/mol. The highest BCUT2D eigenvalue weighted by Gasteiger charge is 2.15. The Morgan fingerprint density at radius 2 is 2.10 bits per heavy atom. The molecule has 0 saturated heterocycles. The van der Waals surface area contributed by atoms with E-state index < -0.39 is 0 Å². The van der Waals surface area contributed by atoms with Gasteiger partial charge in [-0.05, 0) is 44.0 Å². The fourth-order valence-corrected chi connectivity index (χ4v) is 2.53. The summed E-state index contributed by atoms with van der Waals surface area (Å²) in [5, 5.41) is 5.23. The van der Waals surface area contributed by atoms with E-state index in [1.807, 2.05) is 30.7 Å². The van der Waals surface area contributed by atoms with Crippen molar-refractivity contribution in [3.05, 3.63) is 51.8 Å². The molecule has 1 aromatic carbocycles. The van der Waals surface area contributed by atoms with E-state index in [2.05, 4.69) is 29.6 Å². The molecule has 0 fully saturated rings. The van der Waals surface area contributed by atoms with Crippen LogP contribution in [0.4, 0.5) is 0 Å². The molecule has 20 heavy (non-hydrogen) atoms. The largest absolute Gasteiger partial charge is 0.271 e. The molecule has 1 atom stereocenters. The van der Waals surface area contributed by atoms with Gasteiger partial charge in [0, 0.05) is 23.7 Å². The van der Waals surface area contributed by atoms with Crippen molar-refractivity contribution in [2.24, 2.45) is 5.84 Å². The van der Waals surface area contributed by atoms with Crippen molar-refractivity contribution in [1.82, 2.24) is 15.2 Å². The molecular formula is C15H21ClN4. The van der Waals surface area contributed by atoms with Crippen LogP contribution >= 0.6 is 11.6 Å². The van der Waals surface area contributed by atoms with Crippen LogP contribution in [0.1, 0.15) is 35.5 Å². The van der Waals surface area contributed by atoms with Gasteiger partial charge in [0.25, 0.3) is 0 Å². The number of hydrazine groups is 1. The van der Waals surface area contributed by atoms with Gasteiger partial charge in [0.1, 0.15) is 0 Å². The topological polar surface area (TPSA) is 55.9 Å². The van der Waals surface area contributed by atoms with Gasteiger partial charge >= 0.3 is 0 Å². The minimum absolute atomic E-state index is 0.0227. The summed E-state index contributed by atoms with van der Waals surface area (Å²) in [5.74, 6) is 5.72. The molecule has 0 aliphatic rings. The summed E-state index contributed by atoms with van der Waals surface area (Å²) in [5.41, 5.74) is 7.23. The zero-order valence-corrected chi connectivity index (χ0v) is 12.9. The molecule has 0 saturated carbocycles. The molecule has 0 bridgehead atoms. The molecule has 3 N–H and O–H groups in total. The van der Waals surface area contributed by atoms with Crippen LogP contribution in [0.5, 0.6) is 0 Å². The molecule has 0 aliphatic heterocycles. The number of benzene rings is 1. The Hall–Kier alpha value is -1.36. The van der Waals surface area contributed by atoms with E-state index in [-0.39, 0.29) is 6.04 Å². The Balaban J connectivity index is 2.26. The van der Waals surface area contributed by atoms with Gasteiger partial charge in [-0.1, -0.05) is 23.7 Å². The van der Waals surface area contributed by atoms with E-state index >= 15 is 0 Å². The lowest BCUT2D eigenvalue weighted by Gasteiger charge is -2.17. The minimum atomic E-state index is 0.0227. The maximum atomic E-state index is 6.19. The molecule has 1 aromatic heterocycles. The van der Waals surface area contributed by atoms with Crippen molar-refractivity contribution >= 4 is 11.6 Å². The third-order valence-electron chi connectivity index (χ3n) is 3.50. The predicted octanol–water partition coefficient (Wildman–Crippen LogP) is 2.92. The van der Waals surface area contributed by atoms with Gasteiger partial charge < -0.3 is 0 Å². The lowest BCUT2D eigenvalue weighted by atomic mass is 10.0. The van der Waals surface area contributed by atoms with Crippen LogP contribution in [-0.2, 0) is 13.0 Å². The molecule has 2 aromatic rings. The van der Waals surface area contributed by atoms with Crippen LogP contribution in [-0.4, -0.2) is 9.78 Å². The first-order valence-corrected chi connectivity index (χ1v) is 7.18. The first-order chi connectivity index (χ1) is 9.55. The van der Waals surface area contributed by atoms with Crippen LogP contribution in [0, 0.1) is 13.8 Å². The number of hydrogen-bond donors (Lipinski definition) is 2. The number of nitrogens with two attached hydrogens (primary N) is 1. The number of hydrogen-bond acceptors (Lipinski definition) is 3. The Bertz CT molecular complexity index is 592. The number of halogens is 1. The van der Waals surface area contributed by atoms with Crippen LogP contribution in [0.25, 0.3) is 0 Å². The molecule has 0 radical (unpaired) electrons. The van der Waals surface area contributed by atoms with Crippen molar-refractivity contribution in [3.63, 3.8) is 0 Å². The summed E-state index contributed by atoms with van der Waals surface area (Å²) in [4.78, 5) is 0. The Morgan fingerprint density at radius 1 is 1.35 bits per heavy atom. The van der Waals surface area contributed by atoms with Crippen LogP contribution in [0.15, 0.2) is 24.3 Å². The number of nitrogens with zero attached hydrogens (tertiary/aromatic N) is 2. The molecule has 0 spiro atoms. The maximum absolute atomic E-state index is 6.19. The van der Waals surface area contributed by atoms with Gasteiger partial charge in [0.2, 0.25) is 0 Å². The van der Waals surface area contributed by atoms with Crippen molar-refractivity contribution in [3.8, 4) is 0 Å². The van der Waals surface area contributed by atoms with Gasteiger partial charge in [0.15, 0.2) is 0 Å². The molecule has 5 heteroatoms. The SMILES string of the molecule is CCn1nc(C)cc1CC(NN)c1ccc(C)c(Cl)c1. The summed E-state index contributed by atoms with van der Waals surface area (Å²) in [6.45, 7) is 6.94. The van der Waals surface area contributed by atoms with E-state index in [1.54, 1.807) is 0 Å². The van der Waals surface area contributed by atoms with E-state index in [0.29, 0.717) is 0 Å². The van der Waals surface area contributed by atoms with Crippen molar-refractivity contribution in [2.45, 2.75) is 39.8 Å². The Morgan fingerprint density at radius 3 is 2.70 bits per heavy atom. The molecule has 4 nitrogen and oxygen atoms in total. The maximum Gasteiger partial charge on any atom is 0.0596 e. The molecule has 0 aliphatic carbocycles. The summed E-state index contributed by atoms with van der Waals surface area (Å²) in [7, 11) is 0. The fourth-order valence-electron chi connectivity index (χ4n) is 2.35. The number of aryl methyl sites for hydroxylation is 3. The summed E-state index contributed by atoms with van der Waals surface area (Å²) in [6, 6.07) is 8.18. The van der Waals surface area contributed by atoms with Crippen molar-refractivity contribution < 1.29 is 0 Å². The molecule has 1 unspecified atom stereocenters. The quantitative estimate of drug-likeness (QED) is 0.658. The first-order valence-electron chi connectivity index (χ1n) is 6.80. The molecule has 1 heterocycles. The number of nitrogens with one attached hydrogen (secondary N) is 1. The zero-order valence-electron chi connectivity index (χ0n) is 12.2. The minimum Gasteiger partial charge on any atom is -0.271 e. The van der Waals surface area contributed by atoms with Crippen LogP contribution in [0.3, 0.4) is 0 Å². The predicted molar refractivity (Wildman–Crippen MR) is 82.6 cm³/mol. The third-order valence-corrected chi connectivity index (χ3v) is 3.90. The smallest absolute Gasteiger partial charge is 0.0596 e. The average molecular weight is 293 g/mol. The van der Waals surface area contributed by atoms with E-state index in [4.69, 9.17) is 17.4 Å². The third kappa shape index (κ3) is 3.20. The van der Waals surface area contributed by atoms with E-state index in [9.17, 15) is 0 Å². The summed E-state index contributed by atoms with van der Waals surface area (Å²) >= 11 is 6.19. The molecular weight excluding hydrogens is 272 g/mol. The van der Waals surface area contributed by atoms with Gasteiger partial charge in [-0.15, -0.1) is 0 Å². The van der Waals surface area contributed by atoms with Crippen molar-refractivity contribution in [1.29, 1.82) is 0 Å². The van der Waals surface area contributed by atoms with Gasteiger partial charge in [-0.2, -0.15) is 5.10 Å². The molecule has 108 valence electrons. The molecule has 0 amide bonds. The molecule has 2 rings (SSSR count). The van der Waals surface area contributed by atoms with Crippen LogP contribution in [0.2, 0.25) is 5.02 Å². The van der Waals surface area contributed by atoms with Gasteiger partial charge in [-0.25, -0.2) is 0 Å². The second kappa shape index (κ2) is 6.39. The second-order valence-corrected chi connectivity index (χ2v) is 5.43. The van der Waals surface area contributed by atoms with E-state index in [1.165, 1.54) is 5.69 Å². The van der Waals surface area contributed by atoms with Crippen LogP contribution < -0.4 is 11.3 Å². The lowest BCUT2D eigenvalue weighted by molar-refractivity contribution is 0.517. The summed E-state index contributed by atoms with van der Waals surface area (Å²) in [6.07, 6.45) is 0.782. The van der Waals surface area contributed by atoms with Gasteiger partial charge in [-0.3, -0.25) is 16.0 Å². The summed E-state index contributed by atoms with van der Waals surface area (Å²) < 4.78 is 2.01. The highest BCUT2D eigenvalue weighted by Crippen LogP contribution is 2.23. The number of aromatic nitrogens is 2. The standard InChI is InChI=1S/C15H21ClN4/c1-4-20-13(7-11(3)19-20)9-15(18-17)12-6-5-10(2)14(16)8-12/h5-8,15,18H,4,9,17H2,1-3H3. The van der Waals surface area contributed by atoms with E-state index in [0.717, 1.165) is 34.8 Å². The number of rotatable bonds is 5. The Labute approximate surface area is 124 Å². The van der Waals surface area contributed by atoms with Crippen molar-refractivity contribution in [2.75, 3.05) is 0 Å². The Kier molecular flexibility index (Phi) is 4.81. The normalized spacial score (nSPS) is 12.7. The van der Waals surface area contributed by atoms with Gasteiger partial charge in [0.05, 0.1) is 11.7 Å². The second-order valence-electron chi connectivity index (χ2n) is 5.02. The average Bonchev–Trinajstić information content (AvgIpc) is 2.79.